The van der Waals surface area contributed by atoms with Gasteiger partial charge in [-0.2, -0.15) is 13.2 Å². The van der Waals surface area contributed by atoms with Crippen molar-refractivity contribution < 1.29 is 18.0 Å². The molecule has 1 heterocycles. The fraction of sp³-hybridized carbons (Fsp3) is 0.400. The lowest BCUT2D eigenvalue weighted by Crippen LogP contribution is -2.12. The van der Waals surface area contributed by atoms with E-state index in [1.54, 1.807) is 0 Å². The quantitative estimate of drug-likeness (QED) is 0.762. The molecule has 0 aliphatic carbocycles. The molecule has 0 aliphatic heterocycles. The third kappa shape index (κ3) is 2.78. The van der Waals surface area contributed by atoms with E-state index in [2.05, 4.69) is 4.98 Å². The molecule has 0 saturated carbocycles. The second-order valence-electron chi connectivity index (χ2n) is 3.28. The largest absolute Gasteiger partial charge is 0.433 e. The molecule has 0 spiro atoms. The van der Waals surface area contributed by atoms with Gasteiger partial charge in [-0.05, 0) is 26.0 Å². The minimum Gasteiger partial charge on any atom is -0.299 e. The summed E-state index contributed by atoms with van der Waals surface area (Å²) < 4.78 is 36.9. The van der Waals surface area contributed by atoms with Gasteiger partial charge in [-0.25, -0.2) is 4.98 Å². The highest BCUT2D eigenvalue weighted by atomic mass is 19.4. The Morgan fingerprint density at radius 1 is 1.40 bits per heavy atom. The topological polar surface area (TPSA) is 30.0 Å². The third-order valence-corrected chi connectivity index (χ3v) is 2.11. The van der Waals surface area contributed by atoms with Crippen LogP contribution >= 0.6 is 0 Å². The predicted molar refractivity (Wildman–Crippen MR) is 48.3 cm³/mol. The van der Waals surface area contributed by atoms with E-state index < -0.39 is 17.8 Å². The van der Waals surface area contributed by atoms with Crippen LogP contribution in [0.4, 0.5) is 13.2 Å². The Balaban J connectivity index is 3.08. The number of ketones is 1. The Bertz CT molecular complexity index is 373. The van der Waals surface area contributed by atoms with Crippen molar-refractivity contribution >= 4 is 5.78 Å². The summed E-state index contributed by atoms with van der Waals surface area (Å²) in [6, 6.07) is 3.56. The van der Waals surface area contributed by atoms with Crippen LogP contribution in [0.2, 0.25) is 0 Å². The van der Waals surface area contributed by atoms with Crippen molar-refractivity contribution in [1.82, 2.24) is 4.98 Å². The average Bonchev–Trinajstić information content (AvgIpc) is 2.15. The van der Waals surface area contributed by atoms with E-state index in [-0.39, 0.29) is 11.5 Å². The molecule has 15 heavy (non-hydrogen) atoms. The van der Waals surface area contributed by atoms with Crippen molar-refractivity contribution in [3.8, 4) is 0 Å². The molecule has 0 aromatic carbocycles. The van der Waals surface area contributed by atoms with Crippen LogP contribution in [0.5, 0.6) is 0 Å². The first-order valence-corrected chi connectivity index (χ1v) is 4.37. The lowest BCUT2D eigenvalue weighted by molar-refractivity contribution is -0.141. The van der Waals surface area contributed by atoms with Crippen molar-refractivity contribution in [2.24, 2.45) is 0 Å². The minimum absolute atomic E-state index is 0.150. The summed E-state index contributed by atoms with van der Waals surface area (Å²) in [5, 5.41) is 0. The van der Waals surface area contributed by atoms with Crippen LogP contribution in [0, 0.1) is 0 Å². The maximum Gasteiger partial charge on any atom is 0.433 e. The SMILES string of the molecule is CC(=O)C(C)c1cccc(C(F)(F)F)n1. The van der Waals surface area contributed by atoms with Crippen molar-refractivity contribution in [1.29, 1.82) is 0 Å². The fourth-order valence-electron chi connectivity index (χ4n) is 1.06. The van der Waals surface area contributed by atoms with Crippen LogP contribution in [0.3, 0.4) is 0 Å². The molecule has 0 amide bonds. The van der Waals surface area contributed by atoms with Crippen LogP contribution in [-0.4, -0.2) is 10.8 Å². The lowest BCUT2D eigenvalue weighted by Gasteiger charge is -2.10. The minimum atomic E-state index is -4.47. The summed E-state index contributed by atoms with van der Waals surface area (Å²) in [6.45, 7) is 2.86. The van der Waals surface area contributed by atoms with E-state index in [1.807, 2.05) is 0 Å². The van der Waals surface area contributed by atoms with E-state index in [0.29, 0.717) is 0 Å². The van der Waals surface area contributed by atoms with Crippen LogP contribution in [0.1, 0.15) is 31.2 Å². The van der Waals surface area contributed by atoms with E-state index in [1.165, 1.54) is 26.0 Å². The molecule has 1 aromatic heterocycles. The summed E-state index contributed by atoms with van der Waals surface area (Å²) in [4.78, 5) is 14.4. The monoisotopic (exact) mass is 217 g/mol. The van der Waals surface area contributed by atoms with E-state index in [4.69, 9.17) is 0 Å². The molecule has 0 bridgehead atoms. The first-order valence-electron chi connectivity index (χ1n) is 4.37. The number of halogens is 3. The van der Waals surface area contributed by atoms with E-state index >= 15 is 0 Å². The van der Waals surface area contributed by atoms with E-state index in [0.717, 1.165) is 6.07 Å². The Morgan fingerprint density at radius 2 is 2.00 bits per heavy atom. The summed E-state index contributed by atoms with van der Waals surface area (Å²) in [5.74, 6) is -0.811. The number of nitrogens with zero attached hydrogens (tertiary/aromatic N) is 1. The van der Waals surface area contributed by atoms with Crippen molar-refractivity contribution in [2.45, 2.75) is 25.9 Å². The summed E-state index contributed by atoms with van der Waals surface area (Å²) in [7, 11) is 0. The highest BCUT2D eigenvalue weighted by molar-refractivity contribution is 5.82. The zero-order valence-corrected chi connectivity index (χ0v) is 8.30. The van der Waals surface area contributed by atoms with Gasteiger partial charge in [-0.1, -0.05) is 6.07 Å². The Kier molecular flexibility index (Phi) is 3.12. The highest BCUT2D eigenvalue weighted by Gasteiger charge is 2.32. The van der Waals surface area contributed by atoms with Crippen molar-refractivity contribution in [2.75, 3.05) is 0 Å². The summed E-state index contributed by atoms with van der Waals surface area (Å²) in [6.07, 6.45) is -4.47. The number of Topliss-reactive ketones (excluding diaryl/α,β-unsaturated/α-hetero) is 1. The second kappa shape index (κ2) is 4.00. The van der Waals surface area contributed by atoms with Gasteiger partial charge in [0.25, 0.3) is 0 Å². The fourth-order valence-corrected chi connectivity index (χ4v) is 1.06. The smallest absolute Gasteiger partial charge is 0.299 e. The molecule has 0 fully saturated rings. The molecule has 1 aromatic rings. The standard InChI is InChI=1S/C10H10F3NO/c1-6(7(2)15)8-4-3-5-9(14-8)10(11,12)13/h3-6H,1-2H3. The molecule has 0 radical (unpaired) electrons. The number of carbonyl (C=O) groups excluding carboxylic acids is 1. The van der Waals surface area contributed by atoms with Gasteiger partial charge in [-0.15, -0.1) is 0 Å². The maximum atomic E-state index is 12.3. The molecule has 0 aliphatic rings. The molecule has 2 nitrogen and oxygen atoms in total. The number of aromatic nitrogens is 1. The summed E-state index contributed by atoms with van der Waals surface area (Å²) in [5.41, 5.74) is -0.814. The van der Waals surface area contributed by atoms with Crippen LogP contribution < -0.4 is 0 Å². The third-order valence-electron chi connectivity index (χ3n) is 2.11. The molecule has 82 valence electrons. The number of hydrogen-bond donors (Lipinski definition) is 0. The number of rotatable bonds is 2. The highest BCUT2D eigenvalue weighted by Crippen LogP contribution is 2.28. The first kappa shape index (κ1) is 11.7. The molecule has 1 unspecified atom stereocenters. The zero-order chi connectivity index (χ0) is 11.6. The van der Waals surface area contributed by atoms with Gasteiger partial charge in [-0.3, -0.25) is 4.79 Å². The average molecular weight is 217 g/mol. The van der Waals surface area contributed by atoms with Gasteiger partial charge in [0.15, 0.2) is 0 Å². The van der Waals surface area contributed by atoms with Crippen LogP contribution in [0.15, 0.2) is 18.2 Å². The van der Waals surface area contributed by atoms with Gasteiger partial charge >= 0.3 is 6.18 Å². The van der Waals surface area contributed by atoms with Crippen molar-refractivity contribution in [3.05, 3.63) is 29.6 Å². The molecule has 1 rings (SSSR count). The molecule has 0 saturated heterocycles. The molecule has 1 atom stereocenters. The Hall–Kier alpha value is -1.39. The Morgan fingerprint density at radius 3 is 2.47 bits per heavy atom. The van der Waals surface area contributed by atoms with Crippen LogP contribution in [0.25, 0.3) is 0 Å². The molecule has 0 N–H and O–H groups in total. The molecular formula is C10H10F3NO. The Labute approximate surface area is 85.1 Å². The zero-order valence-electron chi connectivity index (χ0n) is 8.30. The molecule has 5 heteroatoms. The van der Waals surface area contributed by atoms with Crippen molar-refractivity contribution in [3.63, 3.8) is 0 Å². The predicted octanol–water partition coefficient (Wildman–Crippen LogP) is 2.79. The number of hydrogen-bond acceptors (Lipinski definition) is 2. The number of alkyl halides is 3. The van der Waals surface area contributed by atoms with Crippen LogP contribution in [-0.2, 0) is 11.0 Å². The van der Waals surface area contributed by atoms with Gasteiger partial charge in [0.1, 0.15) is 11.5 Å². The second-order valence-corrected chi connectivity index (χ2v) is 3.28. The number of carbonyl (C=O) groups is 1. The normalized spacial score (nSPS) is 13.7. The van der Waals surface area contributed by atoms with E-state index in [9.17, 15) is 18.0 Å². The lowest BCUT2D eigenvalue weighted by atomic mass is 10.0. The van der Waals surface area contributed by atoms with Gasteiger partial charge in [0, 0.05) is 0 Å². The van der Waals surface area contributed by atoms with Gasteiger partial charge < -0.3 is 0 Å². The number of pyridine rings is 1. The van der Waals surface area contributed by atoms with Gasteiger partial charge in [0.05, 0.1) is 11.6 Å². The first-order chi connectivity index (χ1) is 6.82. The van der Waals surface area contributed by atoms with Gasteiger partial charge in [0.2, 0.25) is 0 Å². The summed E-state index contributed by atoms with van der Waals surface area (Å²) >= 11 is 0. The maximum absolute atomic E-state index is 12.3. The molecular weight excluding hydrogens is 207 g/mol.